The summed E-state index contributed by atoms with van der Waals surface area (Å²) in [4.78, 5) is 37.1. The molecule has 8 nitrogen and oxygen atoms in total. The summed E-state index contributed by atoms with van der Waals surface area (Å²) < 4.78 is 0. The number of primary amides is 1. The van der Waals surface area contributed by atoms with E-state index >= 15 is 0 Å². The number of amides is 2. The van der Waals surface area contributed by atoms with Crippen LogP contribution in [0.5, 0.6) is 0 Å². The van der Waals surface area contributed by atoms with E-state index in [1.807, 2.05) is 30.3 Å². The number of hydrogen-bond donors (Lipinski definition) is 2. The van der Waals surface area contributed by atoms with Crippen LogP contribution in [0.25, 0.3) is 0 Å². The van der Waals surface area contributed by atoms with E-state index in [2.05, 4.69) is 10.2 Å². The molecule has 4 rings (SSSR count). The lowest BCUT2D eigenvalue weighted by molar-refractivity contribution is -0.385. The highest BCUT2D eigenvalue weighted by Gasteiger charge is 2.19. The number of carbonyl (C=O) groups is 2. The van der Waals surface area contributed by atoms with Gasteiger partial charge in [-0.05, 0) is 53.8 Å². The lowest BCUT2D eigenvalue weighted by Crippen LogP contribution is -2.32. The van der Waals surface area contributed by atoms with Gasteiger partial charge in [0.15, 0.2) is 0 Å². The number of fused-ring (bicyclic) bond motifs is 1. The Morgan fingerprint density at radius 3 is 2.42 bits per heavy atom. The number of hydrogen-bond acceptors (Lipinski definition) is 5. The molecule has 1 aliphatic rings. The van der Waals surface area contributed by atoms with Crippen LogP contribution in [0.3, 0.4) is 0 Å². The quantitative estimate of drug-likeness (QED) is 0.427. The fraction of sp³-hybridized carbons (Fsp3) is 0.200. The van der Waals surface area contributed by atoms with Gasteiger partial charge in [0.05, 0.1) is 16.1 Å². The van der Waals surface area contributed by atoms with Crippen molar-refractivity contribution in [2.45, 2.75) is 19.4 Å². The number of carbonyl (C=O) groups excluding carboxylic acids is 2. The zero-order valence-electron chi connectivity index (χ0n) is 18.0. The van der Waals surface area contributed by atoms with Gasteiger partial charge in [0.2, 0.25) is 5.91 Å². The Bertz CT molecular complexity index is 1210. The van der Waals surface area contributed by atoms with Gasteiger partial charge in [-0.25, -0.2) is 0 Å². The van der Waals surface area contributed by atoms with Gasteiger partial charge in [-0.1, -0.05) is 30.3 Å². The Morgan fingerprint density at radius 1 is 1.00 bits per heavy atom. The summed E-state index contributed by atoms with van der Waals surface area (Å²) in [6.45, 7) is 2.45. The highest BCUT2D eigenvalue weighted by atomic mass is 16.6. The molecule has 3 aromatic rings. The van der Waals surface area contributed by atoms with E-state index in [-0.39, 0.29) is 21.7 Å². The Hall–Kier alpha value is -4.04. The zero-order chi connectivity index (χ0) is 23.4. The molecule has 0 spiro atoms. The first-order valence-electron chi connectivity index (χ1n) is 10.7. The number of nitrogens with zero attached hydrogens (tertiary/aromatic N) is 2. The summed E-state index contributed by atoms with van der Waals surface area (Å²) in [7, 11) is 0. The van der Waals surface area contributed by atoms with Crippen molar-refractivity contribution in [1.82, 2.24) is 4.90 Å². The van der Waals surface area contributed by atoms with Gasteiger partial charge >= 0.3 is 0 Å². The fourth-order valence-corrected chi connectivity index (χ4v) is 4.04. The topological polar surface area (TPSA) is 119 Å². The van der Waals surface area contributed by atoms with Crippen LogP contribution in [0.15, 0.2) is 66.7 Å². The molecule has 0 unspecified atom stereocenters. The van der Waals surface area contributed by atoms with Gasteiger partial charge in [0.1, 0.15) is 0 Å². The molecule has 0 bridgehead atoms. The molecule has 0 aliphatic carbocycles. The molecule has 8 heteroatoms. The predicted molar refractivity (Wildman–Crippen MR) is 125 cm³/mol. The van der Waals surface area contributed by atoms with Crippen LogP contribution in [-0.2, 0) is 19.4 Å². The number of anilines is 1. The molecule has 3 N–H and O–H groups in total. The molecular formula is C25H24N4O4. The molecule has 0 fully saturated rings. The highest BCUT2D eigenvalue weighted by molar-refractivity contribution is 6.11. The smallest absolute Gasteiger partial charge is 0.269 e. The molecule has 168 valence electrons. The summed E-state index contributed by atoms with van der Waals surface area (Å²) in [5.41, 5.74) is 9.84. The van der Waals surface area contributed by atoms with Crippen molar-refractivity contribution < 1.29 is 14.5 Å². The standard InChI is InChI=1S/C25H24N4O4/c26-24(30)22-3-1-2-4-23(22)25(31)27-20-8-5-17(6-9-20)11-13-28-14-12-18-7-10-21(29(32)33)15-19(18)16-28/h1-10,15H,11-14,16H2,(H2,26,30)(H,27,31). The van der Waals surface area contributed by atoms with Gasteiger partial charge in [-0.15, -0.1) is 0 Å². The first-order chi connectivity index (χ1) is 15.9. The van der Waals surface area contributed by atoms with E-state index < -0.39 is 11.8 Å². The van der Waals surface area contributed by atoms with Crippen LogP contribution in [0.1, 0.15) is 37.4 Å². The zero-order valence-corrected chi connectivity index (χ0v) is 18.0. The van der Waals surface area contributed by atoms with Gasteiger partial charge in [0.25, 0.3) is 11.6 Å². The summed E-state index contributed by atoms with van der Waals surface area (Å²) in [6.07, 6.45) is 1.70. The minimum atomic E-state index is -0.647. The summed E-state index contributed by atoms with van der Waals surface area (Å²) in [5.74, 6) is -1.04. The first kappa shape index (κ1) is 22.2. The van der Waals surface area contributed by atoms with Crippen LogP contribution >= 0.6 is 0 Å². The van der Waals surface area contributed by atoms with Crippen molar-refractivity contribution in [3.05, 3.63) is 105 Å². The average molecular weight is 444 g/mol. The molecule has 1 aliphatic heterocycles. The SMILES string of the molecule is NC(=O)c1ccccc1C(=O)Nc1ccc(CCN2CCc3ccc([N+](=O)[O-])cc3C2)cc1. The second kappa shape index (κ2) is 9.62. The lowest BCUT2D eigenvalue weighted by atomic mass is 9.98. The molecule has 0 saturated carbocycles. The van der Waals surface area contributed by atoms with Gasteiger partial charge in [-0.3, -0.25) is 24.6 Å². The van der Waals surface area contributed by atoms with Gasteiger partial charge in [-0.2, -0.15) is 0 Å². The molecule has 0 radical (unpaired) electrons. The third kappa shape index (κ3) is 5.24. The number of benzene rings is 3. The number of nitro groups is 1. The molecule has 33 heavy (non-hydrogen) atoms. The third-order valence-electron chi connectivity index (χ3n) is 5.86. The summed E-state index contributed by atoms with van der Waals surface area (Å²) in [5, 5.41) is 13.8. The maximum atomic E-state index is 12.6. The van der Waals surface area contributed by atoms with Crippen molar-refractivity contribution in [1.29, 1.82) is 0 Å². The molecule has 0 saturated heterocycles. The van der Waals surface area contributed by atoms with Crippen LogP contribution < -0.4 is 11.1 Å². The highest BCUT2D eigenvalue weighted by Crippen LogP contribution is 2.24. The minimum absolute atomic E-state index is 0.131. The van der Waals surface area contributed by atoms with E-state index in [0.717, 1.165) is 37.1 Å². The molecule has 3 aromatic carbocycles. The maximum Gasteiger partial charge on any atom is 0.269 e. The van der Waals surface area contributed by atoms with Crippen LogP contribution in [-0.4, -0.2) is 34.7 Å². The van der Waals surface area contributed by atoms with E-state index in [9.17, 15) is 19.7 Å². The number of rotatable bonds is 7. The Labute approximate surface area is 191 Å². The van der Waals surface area contributed by atoms with Crippen molar-refractivity contribution in [3.63, 3.8) is 0 Å². The monoisotopic (exact) mass is 444 g/mol. The molecule has 0 atom stereocenters. The van der Waals surface area contributed by atoms with Crippen LogP contribution in [0, 0.1) is 10.1 Å². The van der Waals surface area contributed by atoms with Crippen molar-refractivity contribution in [3.8, 4) is 0 Å². The number of nitro benzene ring substituents is 1. The van der Waals surface area contributed by atoms with E-state index in [4.69, 9.17) is 5.73 Å². The molecular weight excluding hydrogens is 420 g/mol. The first-order valence-corrected chi connectivity index (χ1v) is 10.7. The predicted octanol–water partition coefficient (Wildman–Crippen LogP) is 3.55. The Morgan fingerprint density at radius 2 is 1.73 bits per heavy atom. The molecule has 2 amide bonds. The van der Waals surface area contributed by atoms with Gasteiger partial charge < -0.3 is 11.1 Å². The summed E-state index contributed by atoms with van der Waals surface area (Å²) >= 11 is 0. The number of nitrogens with one attached hydrogen (secondary N) is 1. The van der Waals surface area contributed by atoms with E-state index in [1.54, 1.807) is 30.3 Å². The van der Waals surface area contributed by atoms with Crippen molar-refractivity contribution in [2.24, 2.45) is 5.73 Å². The van der Waals surface area contributed by atoms with E-state index in [1.165, 1.54) is 11.6 Å². The molecule has 1 heterocycles. The van der Waals surface area contributed by atoms with Crippen LogP contribution in [0.2, 0.25) is 0 Å². The maximum absolute atomic E-state index is 12.6. The number of non-ortho nitro benzene ring substituents is 1. The second-order valence-corrected chi connectivity index (χ2v) is 8.05. The van der Waals surface area contributed by atoms with Crippen molar-refractivity contribution in [2.75, 3.05) is 18.4 Å². The van der Waals surface area contributed by atoms with Crippen molar-refractivity contribution >= 4 is 23.2 Å². The Balaban J connectivity index is 1.34. The van der Waals surface area contributed by atoms with Crippen LogP contribution in [0.4, 0.5) is 11.4 Å². The Kier molecular flexibility index (Phi) is 6.46. The number of nitrogens with two attached hydrogens (primary N) is 1. The summed E-state index contributed by atoms with van der Waals surface area (Å²) in [6, 6.07) is 19.1. The average Bonchev–Trinajstić information content (AvgIpc) is 2.83. The molecule has 0 aromatic heterocycles. The fourth-order valence-electron chi connectivity index (χ4n) is 4.04. The second-order valence-electron chi connectivity index (χ2n) is 8.05. The lowest BCUT2D eigenvalue weighted by Gasteiger charge is -2.28. The van der Waals surface area contributed by atoms with E-state index in [0.29, 0.717) is 12.2 Å². The normalized spacial score (nSPS) is 13.2. The minimum Gasteiger partial charge on any atom is -0.366 e. The van der Waals surface area contributed by atoms with Gasteiger partial charge in [0, 0.05) is 37.5 Å². The third-order valence-corrected chi connectivity index (χ3v) is 5.86. The largest absolute Gasteiger partial charge is 0.366 e.